The predicted molar refractivity (Wildman–Crippen MR) is 126 cm³/mol. The summed E-state index contributed by atoms with van der Waals surface area (Å²) < 4.78 is 0. The zero-order chi connectivity index (χ0) is 21.1. The lowest BCUT2D eigenvalue weighted by Crippen LogP contribution is -2.30. The maximum atomic E-state index is 11.6. The summed E-state index contributed by atoms with van der Waals surface area (Å²) >= 11 is 0. The van der Waals surface area contributed by atoms with Crippen LogP contribution in [0.25, 0.3) is 21.5 Å². The molecule has 4 nitrogen and oxygen atoms in total. The van der Waals surface area contributed by atoms with Crippen LogP contribution in [0.1, 0.15) is 35.1 Å². The Morgan fingerprint density at radius 3 is 2.32 bits per heavy atom. The van der Waals surface area contributed by atoms with Gasteiger partial charge in [-0.15, -0.1) is 0 Å². The summed E-state index contributed by atoms with van der Waals surface area (Å²) in [6.45, 7) is 1.86. The van der Waals surface area contributed by atoms with Crippen LogP contribution in [0.5, 0.6) is 0 Å². The van der Waals surface area contributed by atoms with Crippen molar-refractivity contribution < 1.29 is 4.92 Å². The van der Waals surface area contributed by atoms with Gasteiger partial charge in [0.1, 0.15) is 0 Å². The number of fused-ring (bicyclic) bond motifs is 5. The smallest absolute Gasteiger partial charge is 0.274 e. The third kappa shape index (κ3) is 2.61. The number of rotatable bonds is 2. The quantitative estimate of drug-likeness (QED) is 0.168. The van der Waals surface area contributed by atoms with Gasteiger partial charge in [-0.25, -0.2) is 0 Å². The van der Waals surface area contributed by atoms with E-state index in [1.165, 1.54) is 32.7 Å². The minimum Gasteiger partial charge on any atom is -0.377 e. The molecule has 1 N–H and O–H groups in total. The Labute approximate surface area is 180 Å². The fourth-order valence-electron chi connectivity index (χ4n) is 5.67. The van der Waals surface area contributed by atoms with Gasteiger partial charge in [0.25, 0.3) is 5.69 Å². The molecule has 3 unspecified atom stereocenters. The first-order chi connectivity index (χ1) is 15.1. The summed E-state index contributed by atoms with van der Waals surface area (Å²) in [6.07, 6.45) is 5.55. The van der Waals surface area contributed by atoms with Gasteiger partial charge < -0.3 is 5.32 Å². The highest BCUT2D eigenvalue weighted by molar-refractivity contribution is 6.03. The van der Waals surface area contributed by atoms with Crippen LogP contribution in [0.2, 0.25) is 0 Å². The highest BCUT2D eigenvalue weighted by atomic mass is 16.6. The second-order valence-electron chi connectivity index (χ2n) is 8.64. The van der Waals surface area contributed by atoms with Gasteiger partial charge in [0.15, 0.2) is 0 Å². The molecule has 1 aliphatic carbocycles. The van der Waals surface area contributed by atoms with E-state index in [0.717, 1.165) is 17.7 Å². The Bertz CT molecular complexity index is 1350. The molecule has 31 heavy (non-hydrogen) atoms. The molecule has 3 atom stereocenters. The van der Waals surface area contributed by atoms with Gasteiger partial charge in [-0.2, -0.15) is 0 Å². The lowest BCUT2D eigenvalue weighted by molar-refractivity contribution is -0.385. The SMILES string of the molecule is Cc1c([N+](=O)[O-])ccc2c1NC(c1c3ccccc3cc3ccccc13)C1CC=CC21. The standard InChI is InChI=1S/C27H22N2O2/c1-16-24(29(30)31)14-13-23-21-11-6-12-22(21)27(28-26(16)23)25-19-9-4-2-7-17(19)15-18-8-3-5-10-20(18)25/h2-11,13-15,21-22,27-28H,12H2,1H3. The van der Waals surface area contributed by atoms with Gasteiger partial charge >= 0.3 is 0 Å². The van der Waals surface area contributed by atoms with Crippen molar-refractivity contribution in [2.24, 2.45) is 5.92 Å². The van der Waals surface area contributed by atoms with E-state index in [1.54, 1.807) is 6.07 Å². The third-order valence-electron chi connectivity index (χ3n) is 7.09. The first-order valence-corrected chi connectivity index (χ1v) is 10.7. The monoisotopic (exact) mass is 406 g/mol. The molecule has 0 fully saturated rings. The maximum Gasteiger partial charge on any atom is 0.274 e. The Hall–Kier alpha value is -3.66. The molecule has 1 aliphatic heterocycles. The summed E-state index contributed by atoms with van der Waals surface area (Å²) in [7, 11) is 0. The molecule has 0 bridgehead atoms. The number of anilines is 1. The average Bonchev–Trinajstić information content (AvgIpc) is 3.27. The Kier molecular flexibility index (Phi) is 3.90. The molecule has 0 spiro atoms. The molecule has 0 amide bonds. The Morgan fingerprint density at radius 1 is 0.968 bits per heavy atom. The van der Waals surface area contributed by atoms with E-state index in [1.807, 2.05) is 13.0 Å². The van der Waals surface area contributed by atoms with Crippen LogP contribution >= 0.6 is 0 Å². The molecule has 6 rings (SSSR count). The van der Waals surface area contributed by atoms with Crippen LogP contribution in [0.15, 0.2) is 78.9 Å². The van der Waals surface area contributed by atoms with Crippen LogP contribution in [0.3, 0.4) is 0 Å². The second-order valence-corrected chi connectivity index (χ2v) is 8.64. The summed E-state index contributed by atoms with van der Waals surface area (Å²) in [6, 6.07) is 23.0. The fourth-order valence-corrected chi connectivity index (χ4v) is 5.67. The van der Waals surface area contributed by atoms with E-state index >= 15 is 0 Å². The molecule has 0 saturated carbocycles. The minimum atomic E-state index is -0.282. The number of benzene rings is 4. The van der Waals surface area contributed by atoms with Crippen molar-refractivity contribution in [2.75, 3.05) is 5.32 Å². The van der Waals surface area contributed by atoms with Crippen molar-refractivity contribution >= 4 is 32.9 Å². The third-order valence-corrected chi connectivity index (χ3v) is 7.09. The number of hydrogen-bond donors (Lipinski definition) is 1. The van der Waals surface area contributed by atoms with Crippen molar-refractivity contribution in [3.05, 3.63) is 106 Å². The van der Waals surface area contributed by atoms with E-state index in [9.17, 15) is 10.1 Å². The summed E-state index contributed by atoms with van der Waals surface area (Å²) in [5.74, 6) is 0.640. The van der Waals surface area contributed by atoms with Gasteiger partial charge in [0.2, 0.25) is 0 Å². The summed E-state index contributed by atoms with van der Waals surface area (Å²) in [4.78, 5) is 11.3. The molecular formula is C27H22N2O2. The van der Waals surface area contributed by atoms with Gasteiger partial charge in [-0.3, -0.25) is 10.1 Å². The normalized spacial score (nSPS) is 21.6. The van der Waals surface area contributed by atoms with Gasteiger partial charge in [0, 0.05) is 17.7 Å². The van der Waals surface area contributed by atoms with Crippen molar-refractivity contribution in [2.45, 2.75) is 25.3 Å². The zero-order valence-corrected chi connectivity index (χ0v) is 17.2. The Balaban J connectivity index is 1.64. The zero-order valence-electron chi connectivity index (χ0n) is 17.2. The predicted octanol–water partition coefficient (Wildman–Crippen LogP) is 7.04. The summed E-state index contributed by atoms with van der Waals surface area (Å²) in [5, 5.41) is 20.3. The molecule has 152 valence electrons. The minimum absolute atomic E-state index is 0.0733. The van der Waals surface area contributed by atoms with Crippen LogP contribution < -0.4 is 5.32 Å². The molecule has 4 aromatic carbocycles. The van der Waals surface area contributed by atoms with Gasteiger partial charge in [0.05, 0.1) is 16.5 Å². The average molecular weight is 406 g/mol. The largest absolute Gasteiger partial charge is 0.377 e. The first kappa shape index (κ1) is 18.1. The van der Waals surface area contributed by atoms with Gasteiger partial charge in [-0.05, 0) is 64.1 Å². The molecule has 2 aliphatic rings. The second kappa shape index (κ2) is 6.67. The molecule has 4 heteroatoms. The van der Waals surface area contributed by atoms with E-state index in [2.05, 4.69) is 72.1 Å². The van der Waals surface area contributed by atoms with E-state index in [-0.39, 0.29) is 22.6 Å². The Morgan fingerprint density at radius 2 is 1.65 bits per heavy atom. The lowest BCUT2D eigenvalue weighted by atomic mass is 9.74. The highest BCUT2D eigenvalue weighted by Gasteiger charge is 2.40. The van der Waals surface area contributed by atoms with Crippen molar-refractivity contribution in [3.8, 4) is 0 Å². The number of nitro groups is 1. The number of nitro benzene ring substituents is 1. The lowest BCUT2D eigenvalue weighted by Gasteiger charge is -2.39. The molecule has 0 aromatic heterocycles. The number of allylic oxidation sites excluding steroid dienone is 2. The fraction of sp³-hybridized carbons (Fsp3) is 0.185. The van der Waals surface area contributed by atoms with Crippen LogP contribution in [0, 0.1) is 23.0 Å². The van der Waals surface area contributed by atoms with Crippen molar-refractivity contribution in [1.29, 1.82) is 0 Å². The molecule has 0 radical (unpaired) electrons. The van der Waals surface area contributed by atoms with Crippen LogP contribution in [-0.4, -0.2) is 4.92 Å². The number of hydrogen-bond acceptors (Lipinski definition) is 3. The van der Waals surface area contributed by atoms with E-state index < -0.39 is 0 Å². The molecule has 4 aromatic rings. The number of nitrogens with one attached hydrogen (secondary N) is 1. The van der Waals surface area contributed by atoms with Crippen LogP contribution in [-0.2, 0) is 0 Å². The highest BCUT2D eigenvalue weighted by Crippen LogP contribution is 2.53. The molecule has 1 heterocycles. The van der Waals surface area contributed by atoms with E-state index in [4.69, 9.17) is 0 Å². The van der Waals surface area contributed by atoms with E-state index in [0.29, 0.717) is 5.92 Å². The maximum absolute atomic E-state index is 11.6. The van der Waals surface area contributed by atoms with Crippen molar-refractivity contribution in [3.63, 3.8) is 0 Å². The van der Waals surface area contributed by atoms with Crippen molar-refractivity contribution in [1.82, 2.24) is 0 Å². The number of nitrogens with zero attached hydrogens (tertiary/aromatic N) is 1. The van der Waals surface area contributed by atoms with Crippen LogP contribution in [0.4, 0.5) is 11.4 Å². The summed E-state index contributed by atoms with van der Waals surface area (Å²) in [5.41, 5.74) is 4.28. The molecular weight excluding hydrogens is 384 g/mol. The van der Waals surface area contributed by atoms with Gasteiger partial charge in [-0.1, -0.05) is 60.7 Å². The topological polar surface area (TPSA) is 55.2 Å². The first-order valence-electron chi connectivity index (χ1n) is 10.7. The molecule has 0 saturated heterocycles.